The van der Waals surface area contributed by atoms with Crippen LogP contribution in [-0.4, -0.2) is 36.0 Å². The minimum Gasteiger partial charge on any atom is -0.451 e. The number of rotatable bonds is 6. The first-order chi connectivity index (χ1) is 12.3. The van der Waals surface area contributed by atoms with E-state index in [0.717, 1.165) is 0 Å². The molecule has 0 saturated heterocycles. The van der Waals surface area contributed by atoms with Gasteiger partial charge in [0.2, 0.25) is 0 Å². The summed E-state index contributed by atoms with van der Waals surface area (Å²) in [4.78, 5) is 39.1. The number of aromatic nitrogens is 1. The van der Waals surface area contributed by atoms with Gasteiger partial charge in [-0.3, -0.25) is 10.1 Å². The third-order valence-electron chi connectivity index (χ3n) is 3.06. The van der Waals surface area contributed by atoms with Crippen LogP contribution in [0.15, 0.2) is 29.6 Å². The first-order valence-corrected chi connectivity index (χ1v) is 8.69. The van der Waals surface area contributed by atoms with E-state index < -0.39 is 24.5 Å². The summed E-state index contributed by atoms with van der Waals surface area (Å²) in [6.07, 6.45) is 0. The number of benzene rings is 1. The fraction of sp³-hybridized carbons (Fsp3) is 0.294. The van der Waals surface area contributed by atoms with Crippen molar-refractivity contribution in [1.29, 1.82) is 0 Å². The van der Waals surface area contributed by atoms with E-state index in [1.807, 2.05) is 13.8 Å². The van der Waals surface area contributed by atoms with Gasteiger partial charge in [-0.15, -0.1) is 11.3 Å². The smallest absolute Gasteiger partial charge is 0.358 e. The fourth-order valence-electron chi connectivity index (χ4n) is 1.80. The SMILES string of the molecule is CC(C)CNC(=O)NC(=O)COC(=O)c1csc(-c2ccc(F)cc2)n1. The van der Waals surface area contributed by atoms with Crippen molar-refractivity contribution in [3.05, 3.63) is 41.2 Å². The number of esters is 1. The molecule has 1 heterocycles. The van der Waals surface area contributed by atoms with E-state index >= 15 is 0 Å². The number of carbonyl (C=O) groups is 3. The van der Waals surface area contributed by atoms with E-state index in [1.54, 1.807) is 12.1 Å². The highest BCUT2D eigenvalue weighted by Crippen LogP contribution is 2.24. The summed E-state index contributed by atoms with van der Waals surface area (Å²) in [7, 11) is 0. The molecule has 26 heavy (non-hydrogen) atoms. The zero-order chi connectivity index (χ0) is 19.1. The lowest BCUT2D eigenvalue weighted by Gasteiger charge is -2.08. The Balaban J connectivity index is 1.83. The van der Waals surface area contributed by atoms with E-state index in [1.165, 1.54) is 28.8 Å². The lowest BCUT2D eigenvalue weighted by molar-refractivity contribution is -0.123. The first-order valence-electron chi connectivity index (χ1n) is 7.81. The van der Waals surface area contributed by atoms with Gasteiger partial charge in [-0.2, -0.15) is 0 Å². The number of ether oxygens (including phenoxy) is 1. The molecule has 0 bridgehead atoms. The van der Waals surface area contributed by atoms with Crippen molar-refractivity contribution in [2.45, 2.75) is 13.8 Å². The minimum atomic E-state index is -0.785. The topological polar surface area (TPSA) is 97.4 Å². The van der Waals surface area contributed by atoms with Gasteiger partial charge in [-0.25, -0.2) is 19.0 Å². The molecule has 0 aliphatic rings. The van der Waals surface area contributed by atoms with E-state index in [2.05, 4.69) is 15.6 Å². The van der Waals surface area contributed by atoms with Gasteiger partial charge in [0.1, 0.15) is 10.8 Å². The van der Waals surface area contributed by atoms with E-state index in [4.69, 9.17) is 4.74 Å². The Bertz CT molecular complexity index is 790. The second-order valence-electron chi connectivity index (χ2n) is 5.77. The Morgan fingerprint density at radius 2 is 1.92 bits per heavy atom. The highest BCUT2D eigenvalue weighted by atomic mass is 32.1. The normalized spacial score (nSPS) is 10.5. The Morgan fingerprint density at radius 1 is 1.23 bits per heavy atom. The molecule has 2 aromatic rings. The molecule has 2 N–H and O–H groups in total. The van der Waals surface area contributed by atoms with Gasteiger partial charge in [-0.05, 0) is 30.2 Å². The molecular formula is C17H18FN3O4S. The number of hydrogen-bond donors (Lipinski definition) is 2. The molecule has 1 aromatic heterocycles. The number of urea groups is 1. The van der Waals surface area contributed by atoms with Gasteiger partial charge < -0.3 is 10.1 Å². The summed E-state index contributed by atoms with van der Waals surface area (Å²) < 4.78 is 17.8. The van der Waals surface area contributed by atoms with Gasteiger partial charge in [0.15, 0.2) is 12.3 Å². The van der Waals surface area contributed by atoms with E-state index in [0.29, 0.717) is 17.1 Å². The quantitative estimate of drug-likeness (QED) is 0.752. The third kappa shape index (κ3) is 5.92. The predicted octanol–water partition coefficient (Wildman–Crippen LogP) is 2.59. The molecular weight excluding hydrogens is 361 g/mol. The molecule has 138 valence electrons. The maximum atomic E-state index is 12.9. The molecule has 3 amide bonds. The molecule has 9 heteroatoms. The van der Waals surface area contributed by atoms with Crippen LogP contribution in [0.4, 0.5) is 9.18 Å². The third-order valence-corrected chi connectivity index (χ3v) is 3.95. The molecule has 0 aliphatic heterocycles. The summed E-state index contributed by atoms with van der Waals surface area (Å²) in [5.74, 6) is -1.65. The second-order valence-corrected chi connectivity index (χ2v) is 6.63. The second kappa shape index (κ2) is 9.04. The molecule has 0 unspecified atom stereocenters. The van der Waals surface area contributed by atoms with Crippen LogP contribution < -0.4 is 10.6 Å². The number of nitrogens with zero attached hydrogens (tertiary/aromatic N) is 1. The summed E-state index contributed by atoms with van der Waals surface area (Å²) in [5.41, 5.74) is 0.696. The monoisotopic (exact) mass is 379 g/mol. The zero-order valence-electron chi connectivity index (χ0n) is 14.2. The molecule has 0 fully saturated rings. The van der Waals surface area contributed by atoms with Gasteiger partial charge in [-0.1, -0.05) is 13.8 Å². The predicted molar refractivity (Wildman–Crippen MR) is 94.2 cm³/mol. The molecule has 0 spiro atoms. The van der Waals surface area contributed by atoms with Crippen molar-refractivity contribution in [3.8, 4) is 10.6 Å². The van der Waals surface area contributed by atoms with Crippen molar-refractivity contribution >= 4 is 29.2 Å². The molecule has 0 radical (unpaired) electrons. The van der Waals surface area contributed by atoms with Gasteiger partial charge >= 0.3 is 12.0 Å². The standard InChI is InChI=1S/C17H18FN3O4S/c1-10(2)7-19-17(24)21-14(22)8-25-16(23)13-9-26-15(20-13)11-3-5-12(18)6-4-11/h3-6,9-10H,7-8H2,1-2H3,(H2,19,21,22,24). The Morgan fingerprint density at radius 3 is 2.58 bits per heavy atom. The lowest BCUT2D eigenvalue weighted by atomic mass is 10.2. The van der Waals surface area contributed by atoms with Gasteiger partial charge in [0.25, 0.3) is 5.91 Å². The number of nitrogens with one attached hydrogen (secondary N) is 2. The maximum absolute atomic E-state index is 12.9. The molecule has 2 rings (SSSR count). The van der Waals surface area contributed by atoms with Crippen molar-refractivity contribution in [2.75, 3.05) is 13.2 Å². The number of halogens is 1. The molecule has 1 aromatic carbocycles. The van der Waals surface area contributed by atoms with Crippen LogP contribution >= 0.6 is 11.3 Å². The zero-order valence-corrected chi connectivity index (χ0v) is 15.1. The number of carbonyl (C=O) groups excluding carboxylic acids is 3. The Kier molecular flexibility index (Phi) is 6.79. The maximum Gasteiger partial charge on any atom is 0.358 e. The highest BCUT2D eigenvalue weighted by molar-refractivity contribution is 7.13. The van der Waals surface area contributed by atoms with E-state index in [-0.39, 0.29) is 17.4 Å². The average Bonchev–Trinajstić information content (AvgIpc) is 3.08. The number of imide groups is 1. The molecule has 0 atom stereocenters. The van der Waals surface area contributed by atoms with E-state index in [9.17, 15) is 18.8 Å². The minimum absolute atomic E-state index is 0.0337. The van der Waals surface area contributed by atoms with Gasteiger partial charge in [0.05, 0.1) is 0 Å². The number of amides is 3. The molecule has 0 saturated carbocycles. The van der Waals surface area contributed by atoms with Crippen molar-refractivity contribution in [1.82, 2.24) is 15.6 Å². The lowest BCUT2D eigenvalue weighted by Crippen LogP contribution is -2.42. The summed E-state index contributed by atoms with van der Waals surface area (Å²) in [6.45, 7) is 3.65. The number of hydrogen-bond acceptors (Lipinski definition) is 6. The van der Waals surface area contributed by atoms with Crippen molar-refractivity contribution in [3.63, 3.8) is 0 Å². The van der Waals surface area contributed by atoms with Crippen LogP contribution in [0.2, 0.25) is 0 Å². The van der Waals surface area contributed by atoms with Crippen LogP contribution in [0, 0.1) is 11.7 Å². The first kappa shape index (κ1) is 19.5. The Labute approximate surface area is 153 Å². The molecule has 7 nitrogen and oxygen atoms in total. The molecule has 0 aliphatic carbocycles. The largest absolute Gasteiger partial charge is 0.451 e. The van der Waals surface area contributed by atoms with Crippen molar-refractivity contribution < 1.29 is 23.5 Å². The number of thiazole rings is 1. The van der Waals surface area contributed by atoms with Crippen LogP contribution in [0.3, 0.4) is 0 Å². The summed E-state index contributed by atoms with van der Waals surface area (Å²) in [5, 5.41) is 6.57. The van der Waals surface area contributed by atoms with Crippen LogP contribution in [0.1, 0.15) is 24.3 Å². The van der Waals surface area contributed by atoms with Crippen molar-refractivity contribution in [2.24, 2.45) is 5.92 Å². The summed E-state index contributed by atoms with van der Waals surface area (Å²) >= 11 is 1.19. The average molecular weight is 379 g/mol. The van der Waals surface area contributed by atoms with Crippen LogP contribution in [0.25, 0.3) is 10.6 Å². The Hall–Kier alpha value is -2.81. The van der Waals surface area contributed by atoms with Crippen LogP contribution in [-0.2, 0) is 9.53 Å². The van der Waals surface area contributed by atoms with Gasteiger partial charge in [0, 0.05) is 17.5 Å². The fourth-order valence-corrected chi connectivity index (χ4v) is 2.60. The summed E-state index contributed by atoms with van der Waals surface area (Å²) in [6, 6.07) is 5.04. The highest BCUT2D eigenvalue weighted by Gasteiger charge is 2.16. The van der Waals surface area contributed by atoms with Crippen LogP contribution in [0.5, 0.6) is 0 Å².